The Kier molecular flexibility index (Phi) is 8.32. The maximum absolute atomic E-state index is 11.0. The summed E-state index contributed by atoms with van der Waals surface area (Å²) in [6, 6.07) is 0. The molecule has 0 amide bonds. The van der Waals surface area contributed by atoms with Crippen LogP contribution in [0.1, 0.15) is 19.8 Å². The molecule has 0 saturated carbocycles. The zero-order chi connectivity index (χ0) is 12.4. The molecular formula is C9H14O6S. The fraction of sp³-hybridized carbons (Fsp3) is 0.667. The van der Waals surface area contributed by atoms with Gasteiger partial charge in [0.05, 0.1) is 20.0 Å². The molecule has 0 aromatic heterocycles. The molecule has 0 aliphatic heterocycles. The molecule has 0 spiro atoms. The Morgan fingerprint density at radius 3 is 2.25 bits per heavy atom. The summed E-state index contributed by atoms with van der Waals surface area (Å²) in [5, 5.41) is -0.497. The first-order chi connectivity index (χ1) is 7.60. The average molecular weight is 250 g/mol. The lowest BCUT2D eigenvalue weighted by Crippen LogP contribution is -2.12. The van der Waals surface area contributed by atoms with Crippen LogP contribution in [-0.2, 0) is 23.8 Å². The Hall–Kier alpha value is -1.24. The van der Waals surface area contributed by atoms with Crippen molar-refractivity contribution in [2.24, 2.45) is 0 Å². The van der Waals surface area contributed by atoms with Crippen molar-refractivity contribution in [3.05, 3.63) is 0 Å². The number of esters is 2. The molecular weight excluding hydrogens is 236 g/mol. The monoisotopic (exact) mass is 250 g/mol. The van der Waals surface area contributed by atoms with Gasteiger partial charge >= 0.3 is 17.2 Å². The molecule has 0 aromatic carbocycles. The van der Waals surface area contributed by atoms with E-state index in [1.54, 1.807) is 6.92 Å². The summed E-state index contributed by atoms with van der Waals surface area (Å²) in [5.41, 5.74) is 0. The van der Waals surface area contributed by atoms with E-state index in [1.807, 2.05) is 0 Å². The van der Waals surface area contributed by atoms with E-state index < -0.39 is 24.0 Å². The van der Waals surface area contributed by atoms with Gasteiger partial charge in [-0.2, -0.15) is 0 Å². The normalized spacial score (nSPS) is 9.38. The molecule has 0 rings (SSSR count). The molecule has 0 fully saturated rings. The molecule has 0 radical (unpaired) electrons. The summed E-state index contributed by atoms with van der Waals surface area (Å²) in [6.07, 6.45) is -0.141. The predicted octanol–water partition coefficient (Wildman–Crippen LogP) is 1.33. The van der Waals surface area contributed by atoms with Crippen LogP contribution in [0.4, 0.5) is 4.79 Å². The molecule has 0 unspecified atom stereocenters. The van der Waals surface area contributed by atoms with Gasteiger partial charge in [0, 0.05) is 5.75 Å². The van der Waals surface area contributed by atoms with Gasteiger partial charge in [0.15, 0.2) is 0 Å². The topological polar surface area (TPSA) is 78.9 Å². The van der Waals surface area contributed by atoms with Crippen molar-refractivity contribution in [3.8, 4) is 0 Å². The SMILES string of the molecule is CCSC(=O)OCOC(=O)CCC(=O)OC. The van der Waals surface area contributed by atoms with Crippen LogP contribution in [0.2, 0.25) is 0 Å². The third-order valence-electron chi connectivity index (χ3n) is 1.42. The van der Waals surface area contributed by atoms with E-state index in [0.29, 0.717) is 5.75 Å². The Labute approximate surface area is 97.6 Å². The highest BCUT2D eigenvalue weighted by Gasteiger charge is 2.09. The molecule has 0 heterocycles. The third-order valence-corrected chi connectivity index (χ3v) is 2.06. The van der Waals surface area contributed by atoms with Crippen molar-refractivity contribution in [3.63, 3.8) is 0 Å². The zero-order valence-electron chi connectivity index (χ0n) is 9.19. The van der Waals surface area contributed by atoms with E-state index >= 15 is 0 Å². The highest BCUT2D eigenvalue weighted by molar-refractivity contribution is 8.13. The van der Waals surface area contributed by atoms with Crippen LogP contribution in [0.5, 0.6) is 0 Å². The van der Waals surface area contributed by atoms with Crippen LogP contribution >= 0.6 is 11.8 Å². The van der Waals surface area contributed by atoms with Crippen molar-refractivity contribution in [2.45, 2.75) is 19.8 Å². The first kappa shape index (κ1) is 14.8. The van der Waals surface area contributed by atoms with Crippen LogP contribution in [-0.4, -0.2) is 36.9 Å². The second-order valence-corrected chi connectivity index (χ2v) is 3.74. The third kappa shape index (κ3) is 8.10. The summed E-state index contributed by atoms with van der Waals surface area (Å²) in [6.45, 7) is 1.38. The minimum absolute atomic E-state index is 0.0486. The van der Waals surface area contributed by atoms with E-state index in [-0.39, 0.29) is 12.8 Å². The molecule has 0 aliphatic rings. The molecule has 0 atom stereocenters. The maximum Gasteiger partial charge on any atom is 0.370 e. The number of hydrogen-bond acceptors (Lipinski definition) is 7. The van der Waals surface area contributed by atoms with Crippen molar-refractivity contribution < 1.29 is 28.6 Å². The van der Waals surface area contributed by atoms with Gasteiger partial charge in [-0.25, -0.2) is 4.79 Å². The predicted molar refractivity (Wildman–Crippen MR) is 56.8 cm³/mol. The minimum atomic E-state index is -0.611. The fourth-order valence-electron chi connectivity index (χ4n) is 0.681. The summed E-state index contributed by atoms with van der Waals surface area (Å²) in [5.74, 6) is -0.509. The van der Waals surface area contributed by atoms with Gasteiger partial charge in [0.1, 0.15) is 0 Å². The van der Waals surface area contributed by atoms with Crippen molar-refractivity contribution in [2.75, 3.05) is 19.7 Å². The number of thioether (sulfide) groups is 1. The van der Waals surface area contributed by atoms with Gasteiger partial charge in [0.25, 0.3) is 0 Å². The second-order valence-electron chi connectivity index (χ2n) is 2.54. The largest absolute Gasteiger partial charge is 0.469 e. The van der Waals surface area contributed by atoms with Crippen LogP contribution in [0.15, 0.2) is 0 Å². The number of rotatable bonds is 6. The zero-order valence-corrected chi connectivity index (χ0v) is 10.0. The van der Waals surface area contributed by atoms with Gasteiger partial charge < -0.3 is 14.2 Å². The molecule has 92 valence electrons. The van der Waals surface area contributed by atoms with Crippen molar-refractivity contribution in [1.82, 2.24) is 0 Å². The quantitative estimate of drug-likeness (QED) is 0.519. The van der Waals surface area contributed by atoms with Crippen LogP contribution in [0.25, 0.3) is 0 Å². The molecule has 0 aromatic rings. The lowest BCUT2D eigenvalue weighted by atomic mass is 10.3. The lowest BCUT2D eigenvalue weighted by molar-refractivity contribution is -0.154. The summed E-state index contributed by atoms with van der Waals surface area (Å²) in [4.78, 5) is 32.5. The number of carbonyl (C=O) groups is 3. The summed E-state index contributed by atoms with van der Waals surface area (Å²) < 4.78 is 13.4. The highest BCUT2D eigenvalue weighted by atomic mass is 32.2. The second kappa shape index (κ2) is 9.02. The molecule has 6 nitrogen and oxygen atoms in total. The number of hydrogen-bond donors (Lipinski definition) is 0. The van der Waals surface area contributed by atoms with E-state index in [4.69, 9.17) is 0 Å². The van der Waals surface area contributed by atoms with E-state index in [1.165, 1.54) is 7.11 Å². The van der Waals surface area contributed by atoms with Crippen LogP contribution in [0, 0.1) is 0 Å². The standard InChI is InChI=1S/C9H14O6S/c1-3-16-9(12)15-6-14-8(11)5-4-7(10)13-2/h3-6H2,1-2H3. The van der Waals surface area contributed by atoms with Gasteiger partial charge in [0.2, 0.25) is 6.79 Å². The van der Waals surface area contributed by atoms with Gasteiger partial charge in [-0.1, -0.05) is 6.92 Å². The Balaban J connectivity index is 3.51. The smallest absolute Gasteiger partial charge is 0.370 e. The van der Waals surface area contributed by atoms with Crippen LogP contribution in [0.3, 0.4) is 0 Å². The molecule has 0 N–H and O–H groups in total. The Morgan fingerprint density at radius 1 is 1.06 bits per heavy atom. The lowest BCUT2D eigenvalue weighted by Gasteiger charge is -2.04. The molecule has 7 heteroatoms. The van der Waals surface area contributed by atoms with Gasteiger partial charge in [-0.3, -0.25) is 9.59 Å². The van der Waals surface area contributed by atoms with E-state index in [2.05, 4.69) is 14.2 Å². The average Bonchev–Trinajstić information content (AvgIpc) is 2.26. The fourth-order valence-corrected chi connectivity index (χ4v) is 1.05. The molecule has 16 heavy (non-hydrogen) atoms. The van der Waals surface area contributed by atoms with E-state index in [0.717, 1.165) is 11.8 Å². The molecule has 0 bridgehead atoms. The molecule has 0 saturated heterocycles. The summed E-state index contributed by atoms with van der Waals surface area (Å²) >= 11 is 0.978. The number of ether oxygens (including phenoxy) is 3. The molecule has 0 aliphatic carbocycles. The Bertz CT molecular complexity index is 252. The van der Waals surface area contributed by atoms with Crippen molar-refractivity contribution >= 4 is 29.0 Å². The van der Waals surface area contributed by atoms with Crippen LogP contribution < -0.4 is 0 Å². The number of methoxy groups -OCH3 is 1. The van der Waals surface area contributed by atoms with Gasteiger partial charge in [-0.15, -0.1) is 0 Å². The van der Waals surface area contributed by atoms with Gasteiger partial charge in [-0.05, 0) is 11.8 Å². The highest BCUT2D eigenvalue weighted by Crippen LogP contribution is 2.04. The minimum Gasteiger partial charge on any atom is -0.469 e. The summed E-state index contributed by atoms with van der Waals surface area (Å²) in [7, 11) is 1.23. The number of carbonyl (C=O) groups excluding carboxylic acids is 3. The first-order valence-corrected chi connectivity index (χ1v) is 5.60. The Morgan fingerprint density at radius 2 is 1.69 bits per heavy atom. The van der Waals surface area contributed by atoms with Crippen molar-refractivity contribution in [1.29, 1.82) is 0 Å². The first-order valence-electron chi connectivity index (χ1n) is 4.62. The van der Waals surface area contributed by atoms with E-state index in [9.17, 15) is 14.4 Å². The maximum atomic E-state index is 11.0.